The predicted molar refractivity (Wildman–Crippen MR) is 53.1 cm³/mol. The topological polar surface area (TPSA) is 17.1 Å². The molecule has 68 valence electrons. The van der Waals surface area contributed by atoms with Crippen molar-refractivity contribution in [2.45, 2.75) is 40.0 Å². The van der Waals surface area contributed by atoms with Crippen molar-refractivity contribution < 1.29 is 4.79 Å². The van der Waals surface area contributed by atoms with E-state index in [1.807, 2.05) is 19.9 Å². The summed E-state index contributed by atoms with van der Waals surface area (Å²) >= 11 is 0. The molecule has 1 heteroatoms. The zero-order chi connectivity index (χ0) is 9.40. The lowest BCUT2D eigenvalue weighted by Crippen LogP contribution is -1.93. The molecule has 12 heavy (non-hydrogen) atoms. The highest BCUT2D eigenvalue weighted by Gasteiger charge is 1.99. The first-order chi connectivity index (χ1) is 5.79. The van der Waals surface area contributed by atoms with Crippen LogP contribution in [0.1, 0.15) is 40.0 Å². The predicted octanol–water partition coefficient (Wildman–Crippen LogP) is 3.27. The first-order valence-corrected chi connectivity index (χ1v) is 4.64. The summed E-state index contributed by atoms with van der Waals surface area (Å²) in [5.41, 5.74) is 1.18. The maximum absolute atomic E-state index is 10.6. The van der Waals surface area contributed by atoms with Gasteiger partial charge in [-0.25, -0.2) is 0 Å². The second-order valence-corrected chi connectivity index (χ2v) is 2.64. The third-order valence-electron chi connectivity index (χ3n) is 1.52. The molecular formula is C11H18O. The highest BCUT2D eigenvalue weighted by molar-refractivity contribution is 5.78. The number of rotatable bonds is 2. The van der Waals surface area contributed by atoms with Crippen LogP contribution >= 0.6 is 0 Å². The van der Waals surface area contributed by atoms with Gasteiger partial charge in [0.2, 0.25) is 0 Å². The van der Waals surface area contributed by atoms with E-state index in [1.165, 1.54) is 5.57 Å². The Bertz CT molecular complexity index is 187. The molecule has 0 bridgehead atoms. The molecule has 0 aromatic carbocycles. The molecule has 0 N–H and O–H groups in total. The molecule has 0 aliphatic heterocycles. The number of hydrogen-bond acceptors (Lipinski definition) is 1. The lowest BCUT2D eigenvalue weighted by Gasteiger charge is -2.02. The van der Waals surface area contributed by atoms with Gasteiger partial charge in [-0.2, -0.15) is 0 Å². The molecule has 0 fully saturated rings. The fourth-order valence-corrected chi connectivity index (χ4v) is 1.09. The zero-order valence-corrected chi connectivity index (χ0v) is 8.26. The first kappa shape index (κ1) is 11.2. The Morgan fingerprint density at radius 2 is 2.08 bits per heavy atom. The Morgan fingerprint density at radius 1 is 1.42 bits per heavy atom. The van der Waals surface area contributed by atoms with E-state index in [4.69, 9.17) is 0 Å². The van der Waals surface area contributed by atoms with Gasteiger partial charge in [0.25, 0.3) is 0 Å². The van der Waals surface area contributed by atoms with Crippen LogP contribution in [0.2, 0.25) is 0 Å². The summed E-state index contributed by atoms with van der Waals surface area (Å²) in [6, 6.07) is 0. The van der Waals surface area contributed by atoms with Gasteiger partial charge in [-0.15, -0.1) is 0 Å². The second-order valence-electron chi connectivity index (χ2n) is 2.64. The minimum Gasteiger partial charge on any atom is -0.300 e. The zero-order valence-electron chi connectivity index (χ0n) is 8.26. The summed E-state index contributed by atoms with van der Waals surface area (Å²) in [6.07, 6.45) is 9.14. The SMILES string of the molecule is CC.CC(=O)CC1=CCCC=C1. The van der Waals surface area contributed by atoms with Gasteiger partial charge in [-0.3, -0.25) is 4.79 Å². The number of hydrogen-bond donors (Lipinski definition) is 0. The van der Waals surface area contributed by atoms with Crippen LogP contribution in [0.5, 0.6) is 0 Å². The fourth-order valence-electron chi connectivity index (χ4n) is 1.09. The molecule has 1 rings (SSSR count). The average molecular weight is 166 g/mol. The summed E-state index contributed by atoms with van der Waals surface area (Å²) in [6.45, 7) is 5.63. The van der Waals surface area contributed by atoms with E-state index in [-0.39, 0.29) is 5.78 Å². The smallest absolute Gasteiger partial charge is 0.134 e. The molecular weight excluding hydrogens is 148 g/mol. The molecule has 1 aliphatic carbocycles. The Kier molecular flexibility index (Phi) is 6.35. The molecule has 0 atom stereocenters. The van der Waals surface area contributed by atoms with Crippen molar-refractivity contribution in [1.82, 2.24) is 0 Å². The average Bonchev–Trinajstić information content (AvgIpc) is 2.08. The quantitative estimate of drug-likeness (QED) is 0.615. The number of carbonyl (C=O) groups excluding carboxylic acids is 1. The maximum atomic E-state index is 10.6. The van der Waals surface area contributed by atoms with Crippen LogP contribution in [0.25, 0.3) is 0 Å². The van der Waals surface area contributed by atoms with Crippen molar-refractivity contribution in [2.75, 3.05) is 0 Å². The molecule has 0 unspecified atom stereocenters. The van der Waals surface area contributed by atoms with Gasteiger partial charge in [0.15, 0.2) is 0 Å². The van der Waals surface area contributed by atoms with Crippen molar-refractivity contribution in [3.8, 4) is 0 Å². The minimum absolute atomic E-state index is 0.248. The Balaban J connectivity index is 0.000000561. The van der Waals surface area contributed by atoms with Crippen molar-refractivity contribution in [3.05, 3.63) is 23.8 Å². The molecule has 0 aromatic heterocycles. The van der Waals surface area contributed by atoms with Gasteiger partial charge in [0, 0.05) is 6.42 Å². The Labute approximate surface area is 75.2 Å². The van der Waals surface area contributed by atoms with Gasteiger partial charge in [-0.1, -0.05) is 32.1 Å². The summed E-state index contributed by atoms with van der Waals surface area (Å²) in [4.78, 5) is 10.6. The van der Waals surface area contributed by atoms with E-state index >= 15 is 0 Å². The number of allylic oxidation sites excluding steroid dienone is 4. The van der Waals surface area contributed by atoms with Crippen LogP contribution in [-0.2, 0) is 4.79 Å². The van der Waals surface area contributed by atoms with Gasteiger partial charge >= 0.3 is 0 Å². The largest absolute Gasteiger partial charge is 0.300 e. The molecule has 1 aliphatic rings. The minimum atomic E-state index is 0.248. The van der Waals surface area contributed by atoms with Crippen LogP contribution in [0, 0.1) is 0 Å². The molecule has 0 radical (unpaired) electrons. The van der Waals surface area contributed by atoms with E-state index in [1.54, 1.807) is 6.92 Å². The van der Waals surface area contributed by atoms with E-state index in [2.05, 4.69) is 12.2 Å². The van der Waals surface area contributed by atoms with Gasteiger partial charge in [0.05, 0.1) is 0 Å². The first-order valence-electron chi connectivity index (χ1n) is 4.64. The van der Waals surface area contributed by atoms with Crippen LogP contribution in [0.15, 0.2) is 23.8 Å². The van der Waals surface area contributed by atoms with E-state index < -0.39 is 0 Å². The molecule has 0 saturated heterocycles. The monoisotopic (exact) mass is 166 g/mol. The highest BCUT2D eigenvalue weighted by atomic mass is 16.1. The molecule has 0 heterocycles. The third-order valence-corrected chi connectivity index (χ3v) is 1.52. The van der Waals surface area contributed by atoms with Gasteiger partial charge < -0.3 is 0 Å². The fraction of sp³-hybridized carbons (Fsp3) is 0.545. The van der Waals surface area contributed by atoms with Crippen LogP contribution in [-0.4, -0.2) is 5.78 Å². The van der Waals surface area contributed by atoms with Crippen molar-refractivity contribution in [2.24, 2.45) is 0 Å². The summed E-state index contributed by atoms with van der Waals surface area (Å²) in [5.74, 6) is 0.248. The normalized spacial score (nSPS) is 14.4. The summed E-state index contributed by atoms with van der Waals surface area (Å²) in [5, 5.41) is 0. The van der Waals surface area contributed by atoms with Crippen molar-refractivity contribution >= 4 is 5.78 Å². The van der Waals surface area contributed by atoms with E-state index in [0.29, 0.717) is 6.42 Å². The van der Waals surface area contributed by atoms with Gasteiger partial charge in [-0.05, 0) is 25.3 Å². The Morgan fingerprint density at radius 3 is 2.50 bits per heavy atom. The van der Waals surface area contributed by atoms with Crippen LogP contribution in [0.3, 0.4) is 0 Å². The number of carbonyl (C=O) groups is 1. The second kappa shape index (κ2) is 6.84. The standard InChI is InChI=1S/C9H12O.C2H6/c1-8(10)7-9-5-3-2-4-6-9;1-2/h3,5-6H,2,4,7H2,1H3;1-2H3. The molecule has 0 aromatic rings. The van der Waals surface area contributed by atoms with Crippen molar-refractivity contribution in [1.29, 1.82) is 0 Å². The van der Waals surface area contributed by atoms with Crippen molar-refractivity contribution in [3.63, 3.8) is 0 Å². The molecule has 0 saturated carbocycles. The summed E-state index contributed by atoms with van der Waals surface area (Å²) < 4.78 is 0. The molecule has 1 nitrogen and oxygen atoms in total. The molecule has 0 amide bonds. The van der Waals surface area contributed by atoms with Gasteiger partial charge in [0.1, 0.15) is 5.78 Å². The highest BCUT2D eigenvalue weighted by Crippen LogP contribution is 2.12. The van der Waals surface area contributed by atoms with Crippen LogP contribution in [0.4, 0.5) is 0 Å². The lowest BCUT2D eigenvalue weighted by atomic mass is 10.0. The maximum Gasteiger partial charge on any atom is 0.134 e. The van der Waals surface area contributed by atoms with E-state index in [0.717, 1.165) is 12.8 Å². The number of Topliss-reactive ketones (excluding diaryl/α,β-unsaturated/α-hetero) is 1. The molecule has 0 spiro atoms. The van der Waals surface area contributed by atoms with Crippen LogP contribution < -0.4 is 0 Å². The third kappa shape index (κ3) is 4.89. The lowest BCUT2D eigenvalue weighted by molar-refractivity contribution is -0.116. The van der Waals surface area contributed by atoms with E-state index in [9.17, 15) is 4.79 Å². The Hall–Kier alpha value is -0.850. The number of ketones is 1. The summed E-state index contributed by atoms with van der Waals surface area (Å²) in [7, 11) is 0.